The lowest BCUT2D eigenvalue weighted by molar-refractivity contribution is -0.126. The van der Waals surface area contributed by atoms with Gasteiger partial charge in [-0.3, -0.25) is 4.79 Å². The lowest BCUT2D eigenvalue weighted by Gasteiger charge is -2.34. The van der Waals surface area contributed by atoms with Gasteiger partial charge in [0.15, 0.2) is 0 Å². The highest BCUT2D eigenvalue weighted by atomic mass is 16.1. The number of hydrogen-bond donors (Lipinski definition) is 0. The summed E-state index contributed by atoms with van der Waals surface area (Å²) < 4.78 is 0. The van der Waals surface area contributed by atoms with Crippen LogP contribution < -0.4 is 0 Å². The van der Waals surface area contributed by atoms with Crippen LogP contribution in [0.15, 0.2) is 23.8 Å². The van der Waals surface area contributed by atoms with Crippen molar-refractivity contribution in [3.63, 3.8) is 0 Å². The van der Waals surface area contributed by atoms with E-state index in [1.807, 2.05) is 0 Å². The summed E-state index contributed by atoms with van der Waals surface area (Å²) >= 11 is 0. The maximum absolute atomic E-state index is 12.4. The summed E-state index contributed by atoms with van der Waals surface area (Å²) in [5.41, 5.74) is 3.51. The molecule has 0 aromatic rings. The Bertz CT molecular complexity index is 472. The number of allylic oxidation sites excluding steroid dienone is 3. The molecule has 4 rings (SSSR count). The minimum atomic E-state index is 0.324. The van der Waals surface area contributed by atoms with E-state index >= 15 is 0 Å². The quantitative estimate of drug-likeness (QED) is 0.589. The molecule has 5 atom stereocenters. The highest BCUT2D eigenvalue weighted by Crippen LogP contribution is 2.73. The molecule has 4 aliphatic carbocycles. The molecule has 0 N–H and O–H groups in total. The number of Topliss-reactive ketones (excluding diaryl/α,β-unsaturated/α-hetero) is 1. The van der Waals surface area contributed by atoms with Gasteiger partial charge in [0.05, 0.1) is 0 Å². The van der Waals surface area contributed by atoms with Gasteiger partial charge < -0.3 is 0 Å². The molecule has 0 radical (unpaired) electrons. The maximum Gasteiger partial charge on any atom is 0.137 e. The normalized spacial score (nSPS) is 49.9. The molecule has 3 saturated carbocycles. The summed E-state index contributed by atoms with van der Waals surface area (Å²) in [7, 11) is 0. The van der Waals surface area contributed by atoms with Crippen LogP contribution in [0.4, 0.5) is 0 Å². The van der Waals surface area contributed by atoms with Gasteiger partial charge in [0.25, 0.3) is 0 Å². The first kappa shape index (κ1) is 11.0. The van der Waals surface area contributed by atoms with E-state index < -0.39 is 0 Å². The molecule has 96 valence electrons. The Labute approximate surface area is 109 Å². The third kappa shape index (κ3) is 1.21. The predicted octanol–water partition coefficient (Wildman–Crippen LogP) is 3.90. The minimum Gasteiger partial charge on any atom is -0.299 e. The van der Waals surface area contributed by atoms with Gasteiger partial charge in [-0.05, 0) is 55.3 Å². The average Bonchev–Trinajstić information content (AvgIpc) is 3.01. The monoisotopic (exact) mass is 242 g/mol. The fourth-order valence-electron chi connectivity index (χ4n) is 5.42. The first-order chi connectivity index (χ1) is 8.63. The van der Waals surface area contributed by atoms with Crippen LogP contribution in [0, 0.1) is 29.1 Å². The van der Waals surface area contributed by atoms with E-state index in [4.69, 9.17) is 0 Å². The van der Waals surface area contributed by atoms with Crippen molar-refractivity contribution in [2.75, 3.05) is 0 Å². The Hall–Kier alpha value is -0.850. The van der Waals surface area contributed by atoms with Crippen molar-refractivity contribution < 1.29 is 4.79 Å². The van der Waals surface area contributed by atoms with E-state index in [1.165, 1.54) is 31.3 Å². The molecular weight excluding hydrogens is 220 g/mol. The van der Waals surface area contributed by atoms with Crippen molar-refractivity contribution >= 4 is 5.78 Å². The molecule has 4 aliphatic rings. The fraction of sp³-hybridized carbons (Fsp3) is 0.706. The molecule has 0 saturated heterocycles. The largest absolute Gasteiger partial charge is 0.299 e. The molecular formula is C17H22O. The van der Waals surface area contributed by atoms with Gasteiger partial charge in [-0.15, -0.1) is 0 Å². The average molecular weight is 242 g/mol. The number of rotatable bonds is 0. The zero-order valence-corrected chi connectivity index (χ0v) is 11.2. The SMILES string of the molecule is C=C1CCC(=O)[C@@H]2[C@@H]3[C@@H]4C(=CCC[C@]34C)CC[C@@H]12. The van der Waals surface area contributed by atoms with Crippen LogP contribution in [0.2, 0.25) is 0 Å². The predicted molar refractivity (Wildman–Crippen MR) is 72.0 cm³/mol. The van der Waals surface area contributed by atoms with Crippen molar-refractivity contribution in [1.82, 2.24) is 0 Å². The Kier molecular flexibility index (Phi) is 2.06. The van der Waals surface area contributed by atoms with Crippen LogP contribution in [0.5, 0.6) is 0 Å². The Morgan fingerprint density at radius 1 is 1.33 bits per heavy atom. The number of fused-ring (bicyclic) bond motifs is 3. The fourth-order valence-corrected chi connectivity index (χ4v) is 5.42. The minimum absolute atomic E-state index is 0.324. The summed E-state index contributed by atoms with van der Waals surface area (Å²) in [5, 5.41) is 0. The van der Waals surface area contributed by atoms with Gasteiger partial charge in [-0.1, -0.05) is 30.7 Å². The topological polar surface area (TPSA) is 17.1 Å². The van der Waals surface area contributed by atoms with Crippen molar-refractivity contribution in [2.24, 2.45) is 29.1 Å². The summed E-state index contributed by atoms with van der Waals surface area (Å²) in [6.07, 6.45) is 9.15. The first-order valence-electron chi connectivity index (χ1n) is 7.52. The summed E-state index contributed by atoms with van der Waals surface area (Å²) in [6, 6.07) is 0. The molecule has 18 heavy (non-hydrogen) atoms. The van der Waals surface area contributed by atoms with Gasteiger partial charge in [-0.25, -0.2) is 0 Å². The number of carbonyl (C=O) groups excluding carboxylic acids is 1. The highest BCUT2D eigenvalue weighted by molar-refractivity contribution is 5.84. The van der Waals surface area contributed by atoms with Gasteiger partial charge >= 0.3 is 0 Å². The Morgan fingerprint density at radius 2 is 2.17 bits per heavy atom. The maximum atomic E-state index is 12.4. The second kappa shape index (κ2) is 3.37. The number of carbonyl (C=O) groups is 1. The van der Waals surface area contributed by atoms with E-state index in [2.05, 4.69) is 19.6 Å². The second-order valence-electron chi connectivity index (χ2n) is 7.12. The van der Waals surface area contributed by atoms with Gasteiger partial charge in [-0.2, -0.15) is 0 Å². The Morgan fingerprint density at radius 3 is 3.00 bits per heavy atom. The van der Waals surface area contributed by atoms with Crippen molar-refractivity contribution in [3.8, 4) is 0 Å². The lowest BCUT2D eigenvalue weighted by Crippen LogP contribution is -2.32. The summed E-state index contributed by atoms with van der Waals surface area (Å²) in [6.45, 7) is 6.71. The molecule has 1 heteroatoms. The number of hydrogen-bond acceptors (Lipinski definition) is 1. The molecule has 3 fully saturated rings. The number of ketones is 1. The van der Waals surface area contributed by atoms with Crippen molar-refractivity contribution in [3.05, 3.63) is 23.8 Å². The van der Waals surface area contributed by atoms with E-state index in [1.54, 1.807) is 5.57 Å². The van der Waals surface area contributed by atoms with Crippen molar-refractivity contribution in [1.29, 1.82) is 0 Å². The molecule has 0 aromatic heterocycles. The zero-order valence-electron chi connectivity index (χ0n) is 11.2. The zero-order chi connectivity index (χ0) is 12.5. The molecule has 0 spiro atoms. The van der Waals surface area contributed by atoms with Crippen LogP contribution in [-0.4, -0.2) is 5.78 Å². The van der Waals surface area contributed by atoms with Gasteiger partial charge in [0.2, 0.25) is 0 Å². The molecule has 0 aliphatic heterocycles. The molecule has 0 aromatic carbocycles. The molecule has 0 bridgehead atoms. The molecule has 0 amide bonds. The third-order valence-electron chi connectivity index (χ3n) is 6.36. The van der Waals surface area contributed by atoms with E-state index in [0.29, 0.717) is 29.0 Å². The lowest BCUT2D eigenvalue weighted by atomic mass is 9.69. The highest BCUT2D eigenvalue weighted by Gasteiger charge is 2.68. The third-order valence-corrected chi connectivity index (χ3v) is 6.36. The van der Waals surface area contributed by atoms with Crippen LogP contribution in [0.3, 0.4) is 0 Å². The van der Waals surface area contributed by atoms with Crippen LogP contribution in [-0.2, 0) is 4.79 Å². The Balaban J connectivity index is 1.78. The summed E-state index contributed by atoms with van der Waals surface area (Å²) in [4.78, 5) is 12.4. The molecule has 0 unspecified atom stereocenters. The first-order valence-corrected chi connectivity index (χ1v) is 7.52. The second-order valence-corrected chi connectivity index (χ2v) is 7.12. The van der Waals surface area contributed by atoms with E-state index in [9.17, 15) is 4.79 Å². The molecule has 1 nitrogen and oxygen atoms in total. The van der Waals surface area contributed by atoms with Gasteiger partial charge in [0.1, 0.15) is 5.78 Å². The van der Waals surface area contributed by atoms with Crippen LogP contribution in [0.1, 0.15) is 45.4 Å². The van der Waals surface area contributed by atoms with E-state index in [0.717, 1.165) is 18.8 Å². The van der Waals surface area contributed by atoms with Gasteiger partial charge in [0, 0.05) is 12.3 Å². The molecule has 0 heterocycles. The summed E-state index contributed by atoms with van der Waals surface area (Å²) in [5.74, 6) is 2.78. The van der Waals surface area contributed by atoms with E-state index in [-0.39, 0.29) is 0 Å². The standard InChI is InChI=1S/C17H22O/c1-10-5-8-13(18)14-12(10)7-6-11-4-3-9-17(2)15(11)16(14)17/h4,12,14-16H,1,3,5-9H2,2H3/t12-,14+,15-,16+,17-/m0/s1. The van der Waals surface area contributed by atoms with Crippen molar-refractivity contribution in [2.45, 2.75) is 45.4 Å². The van der Waals surface area contributed by atoms with Crippen LogP contribution >= 0.6 is 0 Å². The smallest absolute Gasteiger partial charge is 0.137 e. The van der Waals surface area contributed by atoms with Crippen LogP contribution in [0.25, 0.3) is 0 Å².